The van der Waals surface area contributed by atoms with Crippen molar-refractivity contribution in [2.24, 2.45) is 0 Å². The summed E-state index contributed by atoms with van der Waals surface area (Å²) in [6.07, 6.45) is 10.2. The van der Waals surface area contributed by atoms with E-state index in [0.29, 0.717) is 12.7 Å². The van der Waals surface area contributed by atoms with Crippen LogP contribution in [0.15, 0.2) is 59.7 Å². The number of hydrogen-bond donors (Lipinski definition) is 0. The number of benzene rings is 2. The minimum atomic E-state index is 0.569. The molecule has 1 aliphatic heterocycles. The quantitative estimate of drug-likeness (QED) is 0.199. The first-order valence-electron chi connectivity index (χ1n) is 12.5. The number of halogens is 2. The molecule has 0 aromatic heterocycles. The normalized spacial score (nSPS) is 13.5. The zero-order chi connectivity index (χ0) is 24.9. The fourth-order valence-corrected chi connectivity index (χ4v) is 4.52. The van der Waals surface area contributed by atoms with Gasteiger partial charge in [0.1, 0.15) is 0 Å². The first-order valence-corrected chi connectivity index (χ1v) is 15.2. The van der Waals surface area contributed by atoms with E-state index in [1.54, 1.807) is 0 Å². The van der Waals surface area contributed by atoms with Crippen molar-refractivity contribution < 1.29 is 17.4 Å². The molecule has 0 N–H and O–H groups in total. The van der Waals surface area contributed by atoms with Crippen LogP contribution in [0.1, 0.15) is 94.9 Å². The Hall–Kier alpha value is -1.41. The van der Waals surface area contributed by atoms with Gasteiger partial charge in [0, 0.05) is 22.3 Å². The Morgan fingerprint density at radius 1 is 0.735 bits per heavy atom. The van der Waals surface area contributed by atoms with E-state index in [1.807, 2.05) is 0 Å². The Bertz CT molecular complexity index is 1010. The number of nitrogens with zero attached hydrogens (tertiary/aromatic N) is 2. The SMILES string of the molecule is CCCCC1=C(c2cccc(CCCC)c2)[N+](=[N-])C(c2cccc(CCCC)c2)=C1C.[Cl][Ni][Cl]. The molecule has 5 heteroatoms. The molecule has 2 aromatic carbocycles. The number of hydrogen-bond acceptors (Lipinski definition) is 0. The van der Waals surface area contributed by atoms with E-state index < -0.39 is 0 Å². The van der Waals surface area contributed by atoms with Crippen LogP contribution in [-0.2, 0) is 25.5 Å². The van der Waals surface area contributed by atoms with Gasteiger partial charge in [0.15, 0.2) is 0 Å². The Balaban J connectivity index is 0.00000129. The molecule has 0 unspecified atom stereocenters. The summed E-state index contributed by atoms with van der Waals surface area (Å²) in [7, 11) is 9.40. The molecular weight excluding hydrogens is 506 g/mol. The van der Waals surface area contributed by atoms with Gasteiger partial charge >= 0.3 is 33.0 Å². The molecule has 1 heterocycles. The van der Waals surface area contributed by atoms with Crippen LogP contribution < -0.4 is 0 Å². The second-order valence-corrected chi connectivity index (χ2v) is 10.5. The van der Waals surface area contributed by atoms with Crippen LogP contribution in [0.3, 0.4) is 0 Å². The zero-order valence-electron chi connectivity index (χ0n) is 20.9. The third kappa shape index (κ3) is 7.80. The van der Waals surface area contributed by atoms with Crippen LogP contribution in [0.5, 0.6) is 0 Å². The van der Waals surface area contributed by atoms with Crippen molar-refractivity contribution in [2.45, 2.75) is 85.5 Å². The van der Waals surface area contributed by atoms with Crippen molar-refractivity contribution in [2.75, 3.05) is 0 Å². The second kappa shape index (κ2) is 15.6. The maximum absolute atomic E-state index is 11.4. The van der Waals surface area contributed by atoms with Crippen molar-refractivity contribution in [1.29, 1.82) is 0 Å². The average molecular weight is 544 g/mol. The van der Waals surface area contributed by atoms with Crippen molar-refractivity contribution >= 4 is 31.8 Å². The Labute approximate surface area is 221 Å². The fourth-order valence-electron chi connectivity index (χ4n) is 4.52. The summed E-state index contributed by atoms with van der Waals surface area (Å²) in [5.74, 6) is 0. The van der Waals surface area contributed by atoms with E-state index in [4.69, 9.17) is 20.4 Å². The molecule has 0 bridgehead atoms. The molecular formula is C29H38Cl2N2Ni. The molecule has 0 aliphatic carbocycles. The van der Waals surface area contributed by atoms with E-state index in [0.717, 1.165) is 54.6 Å². The monoisotopic (exact) mass is 542 g/mol. The third-order valence-corrected chi connectivity index (χ3v) is 6.34. The summed E-state index contributed by atoms with van der Waals surface area (Å²) in [6, 6.07) is 17.5. The molecule has 188 valence electrons. The molecule has 0 atom stereocenters. The molecule has 0 fully saturated rings. The van der Waals surface area contributed by atoms with Gasteiger partial charge in [-0.25, -0.2) is 4.70 Å². The van der Waals surface area contributed by atoms with Gasteiger partial charge in [-0.2, -0.15) is 0 Å². The predicted octanol–water partition coefficient (Wildman–Crippen LogP) is 10.1. The first kappa shape index (κ1) is 28.8. The van der Waals surface area contributed by atoms with E-state index >= 15 is 0 Å². The summed E-state index contributed by atoms with van der Waals surface area (Å²) < 4.78 is 1.47. The first-order chi connectivity index (χ1) is 16.5. The number of allylic oxidation sites excluding steroid dienone is 2. The Kier molecular flexibility index (Phi) is 13.2. The van der Waals surface area contributed by atoms with Gasteiger partial charge in [0.05, 0.1) is 0 Å². The van der Waals surface area contributed by atoms with E-state index in [9.17, 15) is 5.53 Å². The number of aryl methyl sites for hydroxylation is 2. The van der Waals surface area contributed by atoms with Crippen LogP contribution in [0.25, 0.3) is 16.9 Å². The third-order valence-electron chi connectivity index (χ3n) is 6.34. The Morgan fingerprint density at radius 3 is 1.65 bits per heavy atom. The summed E-state index contributed by atoms with van der Waals surface area (Å²) in [4.78, 5) is 0. The van der Waals surface area contributed by atoms with Crippen LogP contribution in [0.4, 0.5) is 0 Å². The summed E-state index contributed by atoms with van der Waals surface area (Å²) in [5, 5.41) is 0. The van der Waals surface area contributed by atoms with Gasteiger partial charge < -0.3 is 5.53 Å². The van der Waals surface area contributed by atoms with Gasteiger partial charge in [-0.05, 0) is 80.8 Å². The van der Waals surface area contributed by atoms with Gasteiger partial charge in [0.25, 0.3) is 0 Å². The number of unbranched alkanes of at least 4 members (excludes halogenated alkanes) is 3. The van der Waals surface area contributed by atoms with E-state index in [2.05, 4.69) is 76.2 Å². The van der Waals surface area contributed by atoms with Gasteiger partial charge in [0.2, 0.25) is 11.4 Å². The van der Waals surface area contributed by atoms with Gasteiger partial charge in [-0.15, -0.1) is 0 Å². The topological polar surface area (TPSA) is 25.3 Å². The number of rotatable bonds is 11. The van der Waals surface area contributed by atoms with Gasteiger partial charge in [-0.3, -0.25) is 0 Å². The van der Waals surface area contributed by atoms with Crippen LogP contribution >= 0.6 is 20.4 Å². The zero-order valence-corrected chi connectivity index (χ0v) is 23.4. The van der Waals surface area contributed by atoms with Crippen molar-refractivity contribution in [3.05, 3.63) is 87.5 Å². The molecule has 0 saturated heterocycles. The second-order valence-electron chi connectivity index (χ2n) is 8.87. The fraction of sp³-hybridized carbons (Fsp3) is 0.448. The van der Waals surface area contributed by atoms with E-state index in [-0.39, 0.29) is 0 Å². The standard InChI is InChI=1S/C29H38N2.2ClH.Ni/c1-5-8-13-23-15-11-17-25(20-23)28-22(4)27(19-10-7-3)29(31(28)30)26-18-12-16-24(21-26)14-9-6-2;;;/h11-12,15-18,20-21H,5-10,13-14,19H2,1-4H3;2*1H;/q;;;+2/p-2. The van der Waals surface area contributed by atoms with Gasteiger partial charge in [-0.1, -0.05) is 64.3 Å². The van der Waals surface area contributed by atoms with Crippen molar-refractivity contribution in [3.8, 4) is 0 Å². The molecule has 0 amide bonds. The summed E-state index contributed by atoms with van der Waals surface area (Å²) >= 11 is 0.569. The molecule has 0 saturated carbocycles. The molecule has 2 aromatic rings. The molecule has 0 radical (unpaired) electrons. The van der Waals surface area contributed by atoms with Crippen LogP contribution in [0.2, 0.25) is 0 Å². The molecule has 0 spiro atoms. The summed E-state index contributed by atoms with van der Waals surface area (Å²) in [5.41, 5.74) is 20.8. The average Bonchev–Trinajstić information content (AvgIpc) is 3.09. The molecule has 2 nitrogen and oxygen atoms in total. The Morgan fingerprint density at radius 2 is 1.18 bits per heavy atom. The van der Waals surface area contributed by atoms with E-state index in [1.165, 1.54) is 52.7 Å². The van der Waals surface area contributed by atoms with Crippen molar-refractivity contribution in [1.82, 2.24) is 0 Å². The molecule has 34 heavy (non-hydrogen) atoms. The molecule has 3 rings (SSSR count). The minimum absolute atomic E-state index is 0.569. The predicted molar refractivity (Wildman–Crippen MR) is 144 cm³/mol. The van der Waals surface area contributed by atoms with Crippen LogP contribution in [-0.4, -0.2) is 4.70 Å². The summed E-state index contributed by atoms with van der Waals surface area (Å²) in [6.45, 7) is 8.87. The van der Waals surface area contributed by atoms with Crippen LogP contribution in [0, 0.1) is 0 Å². The molecule has 1 aliphatic rings. The maximum atomic E-state index is 11.4. The van der Waals surface area contributed by atoms with Crippen molar-refractivity contribution in [3.63, 3.8) is 0 Å².